The highest BCUT2D eigenvalue weighted by Gasteiger charge is 2.29. The van der Waals surface area contributed by atoms with Crippen LogP contribution in [-0.2, 0) is 6.54 Å². The van der Waals surface area contributed by atoms with Gasteiger partial charge in [0.2, 0.25) is 11.7 Å². The normalized spacial score (nSPS) is 16.6. The van der Waals surface area contributed by atoms with Crippen molar-refractivity contribution in [2.45, 2.75) is 25.3 Å². The molecule has 1 unspecified atom stereocenters. The maximum Gasteiger partial charge on any atom is 0.257 e. The van der Waals surface area contributed by atoms with Gasteiger partial charge in [-0.25, -0.2) is 4.39 Å². The van der Waals surface area contributed by atoms with Gasteiger partial charge in [-0.2, -0.15) is 4.98 Å². The Morgan fingerprint density at radius 3 is 2.82 bits per heavy atom. The third kappa shape index (κ3) is 4.07. The Labute approximate surface area is 167 Å². The van der Waals surface area contributed by atoms with Gasteiger partial charge >= 0.3 is 0 Å². The summed E-state index contributed by atoms with van der Waals surface area (Å²) in [5.41, 5.74) is 6.71. The van der Waals surface area contributed by atoms with Crippen molar-refractivity contribution in [1.29, 1.82) is 0 Å². The third-order valence-corrected chi connectivity index (χ3v) is 4.70. The van der Waals surface area contributed by atoms with Crippen molar-refractivity contribution in [3.8, 4) is 11.4 Å². The van der Waals surface area contributed by atoms with E-state index in [1.807, 2.05) is 0 Å². The zero-order chi connectivity index (χ0) is 18.8. The number of benzene rings is 1. The Morgan fingerprint density at radius 2 is 2.11 bits per heavy atom. The summed E-state index contributed by atoms with van der Waals surface area (Å²) in [5, 5.41) is 3.99. The predicted molar refractivity (Wildman–Crippen MR) is 101 cm³/mol. The minimum Gasteiger partial charge on any atom is -0.467 e. The van der Waals surface area contributed by atoms with E-state index in [1.54, 1.807) is 23.1 Å². The van der Waals surface area contributed by atoms with Gasteiger partial charge in [-0.3, -0.25) is 4.79 Å². The van der Waals surface area contributed by atoms with Gasteiger partial charge in [0.05, 0.1) is 18.0 Å². The van der Waals surface area contributed by atoms with Gasteiger partial charge in [-0.05, 0) is 43.2 Å². The number of piperidine rings is 1. The number of nitrogens with two attached hydrogens (primary N) is 1. The molecular formula is C19H20ClFN4O3. The molecule has 1 aromatic carbocycles. The highest BCUT2D eigenvalue weighted by Crippen LogP contribution is 2.28. The van der Waals surface area contributed by atoms with Crippen molar-refractivity contribution in [3.63, 3.8) is 0 Å². The number of halogens is 2. The first kappa shape index (κ1) is 20.0. The van der Waals surface area contributed by atoms with Crippen LogP contribution in [0, 0.1) is 5.82 Å². The quantitative estimate of drug-likeness (QED) is 0.713. The van der Waals surface area contributed by atoms with Crippen LogP contribution in [0.5, 0.6) is 0 Å². The van der Waals surface area contributed by atoms with Gasteiger partial charge in [0, 0.05) is 18.7 Å². The van der Waals surface area contributed by atoms with Crippen molar-refractivity contribution in [2.75, 3.05) is 13.1 Å². The average Bonchev–Trinajstić information content (AvgIpc) is 3.38. The van der Waals surface area contributed by atoms with Crippen LogP contribution in [0.2, 0.25) is 0 Å². The number of amides is 1. The monoisotopic (exact) mass is 406 g/mol. The standard InChI is InChI=1S/C19H19FN4O3.ClH/c20-15-5-3-12(4-6-15)17-22-18(27-23-17)13-2-1-7-24(10-13)19(25)14-8-16(9-21)26-11-14;/h3-6,8,11,13H,1-2,7,9-10,21H2;1H. The number of rotatable bonds is 4. The Balaban J connectivity index is 0.00000225. The molecule has 1 atom stereocenters. The summed E-state index contributed by atoms with van der Waals surface area (Å²) in [4.78, 5) is 18.9. The Morgan fingerprint density at radius 1 is 1.32 bits per heavy atom. The lowest BCUT2D eigenvalue weighted by Crippen LogP contribution is -2.39. The first-order valence-corrected chi connectivity index (χ1v) is 8.80. The fourth-order valence-corrected chi connectivity index (χ4v) is 3.26. The minimum atomic E-state index is -0.319. The molecule has 0 bridgehead atoms. The number of hydrogen-bond donors (Lipinski definition) is 1. The molecule has 1 aliphatic rings. The van der Waals surface area contributed by atoms with Crippen molar-refractivity contribution in [1.82, 2.24) is 15.0 Å². The molecular weight excluding hydrogens is 387 g/mol. The lowest BCUT2D eigenvalue weighted by atomic mass is 9.97. The van der Waals surface area contributed by atoms with Gasteiger partial charge < -0.3 is 19.6 Å². The molecule has 28 heavy (non-hydrogen) atoms. The van der Waals surface area contributed by atoms with Crippen molar-refractivity contribution >= 4 is 18.3 Å². The molecule has 9 heteroatoms. The van der Waals surface area contributed by atoms with E-state index < -0.39 is 0 Å². The van der Waals surface area contributed by atoms with E-state index in [4.69, 9.17) is 14.7 Å². The lowest BCUT2D eigenvalue weighted by molar-refractivity contribution is 0.0695. The second-order valence-electron chi connectivity index (χ2n) is 6.56. The fourth-order valence-electron chi connectivity index (χ4n) is 3.26. The Hall–Kier alpha value is -2.71. The fraction of sp³-hybridized carbons (Fsp3) is 0.316. The summed E-state index contributed by atoms with van der Waals surface area (Å²) in [7, 11) is 0. The highest BCUT2D eigenvalue weighted by molar-refractivity contribution is 5.94. The SMILES string of the molecule is Cl.NCc1cc(C(=O)N2CCCC(c3nc(-c4ccc(F)cc4)no3)C2)co1. The number of furan rings is 1. The molecule has 148 valence electrons. The number of carbonyl (C=O) groups is 1. The van der Waals surface area contributed by atoms with Gasteiger partial charge in [0.25, 0.3) is 5.91 Å². The lowest BCUT2D eigenvalue weighted by Gasteiger charge is -2.30. The molecule has 7 nitrogen and oxygen atoms in total. The van der Waals surface area contributed by atoms with Crippen LogP contribution >= 0.6 is 12.4 Å². The van der Waals surface area contributed by atoms with Crippen LogP contribution in [0.25, 0.3) is 11.4 Å². The third-order valence-electron chi connectivity index (χ3n) is 4.70. The maximum absolute atomic E-state index is 13.1. The van der Waals surface area contributed by atoms with Gasteiger partial charge in [-0.1, -0.05) is 5.16 Å². The van der Waals surface area contributed by atoms with E-state index in [9.17, 15) is 9.18 Å². The van der Waals surface area contributed by atoms with Crippen LogP contribution in [0.4, 0.5) is 4.39 Å². The van der Waals surface area contributed by atoms with E-state index in [1.165, 1.54) is 18.4 Å². The largest absolute Gasteiger partial charge is 0.467 e. The first-order chi connectivity index (χ1) is 13.1. The van der Waals surface area contributed by atoms with Crippen molar-refractivity contribution in [3.05, 3.63) is 59.6 Å². The predicted octanol–water partition coefficient (Wildman–Crippen LogP) is 3.37. The van der Waals surface area contributed by atoms with Gasteiger partial charge in [0.15, 0.2) is 0 Å². The second kappa shape index (κ2) is 8.53. The Kier molecular flexibility index (Phi) is 6.11. The minimum absolute atomic E-state index is 0. The maximum atomic E-state index is 13.1. The van der Waals surface area contributed by atoms with Crippen molar-refractivity contribution in [2.24, 2.45) is 5.73 Å². The number of likely N-dealkylation sites (tertiary alicyclic amines) is 1. The summed E-state index contributed by atoms with van der Waals surface area (Å²) in [6.45, 7) is 1.41. The zero-order valence-electron chi connectivity index (χ0n) is 15.0. The smallest absolute Gasteiger partial charge is 0.257 e. The van der Waals surface area contributed by atoms with Crippen molar-refractivity contribution < 1.29 is 18.1 Å². The molecule has 2 N–H and O–H groups in total. The molecule has 0 spiro atoms. The summed E-state index contributed by atoms with van der Waals surface area (Å²) in [5.74, 6) is 1.03. The summed E-state index contributed by atoms with van der Waals surface area (Å²) in [6, 6.07) is 7.59. The van der Waals surface area contributed by atoms with E-state index in [0.717, 1.165) is 12.8 Å². The molecule has 2 aromatic heterocycles. The van der Waals surface area contributed by atoms with E-state index in [-0.39, 0.29) is 36.6 Å². The Bertz CT molecular complexity index is 941. The van der Waals surface area contributed by atoms with Crippen LogP contribution in [0.15, 0.2) is 45.5 Å². The number of carbonyl (C=O) groups excluding carboxylic acids is 1. The van der Waals surface area contributed by atoms with E-state index >= 15 is 0 Å². The first-order valence-electron chi connectivity index (χ1n) is 8.80. The molecule has 1 aliphatic heterocycles. The topological polar surface area (TPSA) is 98.4 Å². The number of aromatic nitrogens is 2. The summed E-state index contributed by atoms with van der Waals surface area (Å²) >= 11 is 0. The molecule has 1 fully saturated rings. The highest BCUT2D eigenvalue weighted by atomic mass is 35.5. The number of hydrogen-bond acceptors (Lipinski definition) is 6. The summed E-state index contributed by atoms with van der Waals surface area (Å²) < 4.78 is 23.7. The van der Waals surface area contributed by atoms with Gasteiger partial charge in [-0.15, -0.1) is 12.4 Å². The second-order valence-corrected chi connectivity index (χ2v) is 6.56. The molecule has 3 heterocycles. The number of nitrogens with zero attached hydrogens (tertiary/aromatic N) is 3. The van der Waals surface area contributed by atoms with E-state index in [0.29, 0.717) is 41.7 Å². The van der Waals surface area contributed by atoms with Crippen LogP contribution in [-0.4, -0.2) is 34.0 Å². The molecule has 3 aromatic rings. The van der Waals surface area contributed by atoms with E-state index in [2.05, 4.69) is 10.1 Å². The molecule has 0 aliphatic carbocycles. The molecule has 0 radical (unpaired) electrons. The van der Waals surface area contributed by atoms with Crippen LogP contribution in [0.1, 0.15) is 40.8 Å². The molecule has 4 rings (SSSR count). The molecule has 1 amide bonds. The molecule has 1 saturated heterocycles. The average molecular weight is 407 g/mol. The van der Waals surface area contributed by atoms with Crippen LogP contribution in [0.3, 0.4) is 0 Å². The molecule has 0 saturated carbocycles. The van der Waals surface area contributed by atoms with Crippen LogP contribution < -0.4 is 5.73 Å². The summed E-state index contributed by atoms with van der Waals surface area (Å²) in [6.07, 6.45) is 3.13. The van der Waals surface area contributed by atoms with Gasteiger partial charge in [0.1, 0.15) is 17.8 Å². The zero-order valence-corrected chi connectivity index (χ0v) is 15.8.